The summed E-state index contributed by atoms with van der Waals surface area (Å²) in [5.41, 5.74) is 1.14. The van der Waals surface area contributed by atoms with Crippen molar-refractivity contribution in [2.45, 2.75) is 25.1 Å². The fraction of sp³-hybridized carbons (Fsp3) is 0.450. The van der Waals surface area contributed by atoms with Gasteiger partial charge in [-0.3, -0.25) is 9.88 Å². The molecule has 26 heavy (non-hydrogen) atoms. The predicted molar refractivity (Wildman–Crippen MR) is 96.8 cm³/mol. The van der Waals surface area contributed by atoms with E-state index in [4.69, 9.17) is 18.9 Å². The van der Waals surface area contributed by atoms with E-state index in [-0.39, 0.29) is 12.1 Å². The zero-order chi connectivity index (χ0) is 17.8. The maximum atomic E-state index is 5.95. The van der Waals surface area contributed by atoms with Crippen molar-refractivity contribution in [3.05, 3.63) is 48.3 Å². The van der Waals surface area contributed by atoms with E-state index in [0.717, 1.165) is 42.3 Å². The number of ether oxygens (including phenoxy) is 4. The van der Waals surface area contributed by atoms with Gasteiger partial charge in [-0.2, -0.15) is 0 Å². The lowest BCUT2D eigenvalue weighted by molar-refractivity contribution is 0.106. The molecule has 0 aliphatic carbocycles. The molecule has 0 bridgehead atoms. The normalized spacial score (nSPS) is 22.3. The molecule has 2 aliphatic heterocycles. The standard InChI is InChI=1S/C20H24N2O4/c1-23-18-10-16(14-26-17-5-3-7-21-11-17)22(13-18)12-15-4-2-6-19-20(15)25-9-8-24-19/h2-7,11,16,18H,8-10,12-14H2,1H3/t16-,18+/m0/s1. The Morgan fingerprint density at radius 3 is 2.96 bits per heavy atom. The second kappa shape index (κ2) is 7.93. The summed E-state index contributed by atoms with van der Waals surface area (Å²) < 4.78 is 23.1. The average Bonchev–Trinajstić information content (AvgIpc) is 3.09. The van der Waals surface area contributed by atoms with Gasteiger partial charge in [0.05, 0.1) is 12.3 Å². The van der Waals surface area contributed by atoms with Crippen LogP contribution in [0.15, 0.2) is 42.7 Å². The van der Waals surface area contributed by atoms with Crippen LogP contribution in [0, 0.1) is 0 Å². The van der Waals surface area contributed by atoms with Gasteiger partial charge in [-0.1, -0.05) is 12.1 Å². The number of hydrogen-bond acceptors (Lipinski definition) is 6. The van der Waals surface area contributed by atoms with Crippen molar-refractivity contribution in [1.82, 2.24) is 9.88 Å². The molecule has 4 rings (SSSR count). The first-order valence-electron chi connectivity index (χ1n) is 9.00. The summed E-state index contributed by atoms with van der Waals surface area (Å²) in [6, 6.07) is 10.2. The van der Waals surface area contributed by atoms with Crippen LogP contribution in [-0.2, 0) is 11.3 Å². The summed E-state index contributed by atoms with van der Waals surface area (Å²) in [6.07, 6.45) is 4.65. The largest absolute Gasteiger partial charge is 0.490 e. The Morgan fingerprint density at radius 1 is 1.19 bits per heavy atom. The van der Waals surface area contributed by atoms with Crippen LogP contribution >= 0.6 is 0 Å². The molecule has 0 saturated carbocycles. The third kappa shape index (κ3) is 3.76. The highest BCUT2D eigenvalue weighted by molar-refractivity contribution is 5.47. The second-order valence-corrected chi connectivity index (χ2v) is 6.62. The number of nitrogens with zero attached hydrogens (tertiary/aromatic N) is 2. The molecule has 0 amide bonds. The van der Waals surface area contributed by atoms with Crippen LogP contribution in [0.5, 0.6) is 17.2 Å². The number of benzene rings is 1. The van der Waals surface area contributed by atoms with Gasteiger partial charge in [0.25, 0.3) is 0 Å². The van der Waals surface area contributed by atoms with E-state index in [1.54, 1.807) is 19.5 Å². The lowest BCUT2D eigenvalue weighted by atomic mass is 10.1. The number of methoxy groups -OCH3 is 1. The lowest BCUT2D eigenvalue weighted by Crippen LogP contribution is -2.34. The summed E-state index contributed by atoms with van der Waals surface area (Å²) in [5, 5.41) is 0. The van der Waals surface area contributed by atoms with Gasteiger partial charge in [-0.15, -0.1) is 0 Å². The number of rotatable bonds is 6. The number of pyridine rings is 1. The summed E-state index contributed by atoms with van der Waals surface area (Å²) in [4.78, 5) is 6.50. The van der Waals surface area contributed by atoms with Gasteiger partial charge in [0.2, 0.25) is 0 Å². The maximum absolute atomic E-state index is 5.95. The van der Waals surface area contributed by atoms with E-state index in [1.165, 1.54) is 0 Å². The van der Waals surface area contributed by atoms with Gasteiger partial charge in [0.15, 0.2) is 11.5 Å². The molecule has 2 aromatic rings. The first kappa shape index (κ1) is 17.1. The average molecular weight is 356 g/mol. The molecule has 6 heteroatoms. The summed E-state index contributed by atoms with van der Waals surface area (Å²) >= 11 is 0. The summed E-state index contributed by atoms with van der Waals surface area (Å²) in [7, 11) is 1.77. The quantitative estimate of drug-likeness (QED) is 0.793. The minimum atomic E-state index is 0.217. The van der Waals surface area contributed by atoms with Crippen LogP contribution in [0.2, 0.25) is 0 Å². The van der Waals surface area contributed by atoms with Crippen molar-refractivity contribution in [1.29, 1.82) is 0 Å². The Labute approximate surface area is 153 Å². The molecule has 0 unspecified atom stereocenters. The van der Waals surface area contributed by atoms with Gasteiger partial charge >= 0.3 is 0 Å². The molecule has 2 atom stereocenters. The number of hydrogen-bond donors (Lipinski definition) is 0. The van der Waals surface area contributed by atoms with E-state index in [0.29, 0.717) is 19.8 Å². The van der Waals surface area contributed by atoms with Crippen LogP contribution in [-0.4, -0.2) is 55.5 Å². The van der Waals surface area contributed by atoms with E-state index in [1.807, 2.05) is 24.3 Å². The number of para-hydroxylation sites is 1. The highest BCUT2D eigenvalue weighted by Crippen LogP contribution is 2.35. The molecule has 0 spiro atoms. The van der Waals surface area contributed by atoms with Crippen molar-refractivity contribution in [2.24, 2.45) is 0 Å². The third-order valence-electron chi connectivity index (χ3n) is 4.92. The molecule has 1 aromatic carbocycles. The molecule has 6 nitrogen and oxygen atoms in total. The van der Waals surface area contributed by atoms with E-state index in [2.05, 4.69) is 16.0 Å². The molecule has 1 saturated heterocycles. The fourth-order valence-electron chi connectivity index (χ4n) is 3.58. The van der Waals surface area contributed by atoms with Crippen LogP contribution in [0.3, 0.4) is 0 Å². The maximum Gasteiger partial charge on any atom is 0.165 e. The van der Waals surface area contributed by atoms with Crippen LogP contribution < -0.4 is 14.2 Å². The Balaban J connectivity index is 1.46. The highest BCUT2D eigenvalue weighted by atomic mass is 16.6. The van der Waals surface area contributed by atoms with Gasteiger partial charge in [0, 0.05) is 38.0 Å². The predicted octanol–water partition coefficient (Wildman–Crippen LogP) is 2.52. The van der Waals surface area contributed by atoms with E-state index < -0.39 is 0 Å². The second-order valence-electron chi connectivity index (χ2n) is 6.62. The Kier molecular flexibility index (Phi) is 5.22. The molecule has 0 radical (unpaired) electrons. The number of likely N-dealkylation sites (tertiary alicyclic amines) is 1. The Bertz CT molecular complexity index is 725. The molecule has 1 aromatic heterocycles. The minimum absolute atomic E-state index is 0.217. The zero-order valence-electron chi connectivity index (χ0n) is 15.0. The Morgan fingerprint density at radius 2 is 2.12 bits per heavy atom. The van der Waals surface area contributed by atoms with Crippen molar-refractivity contribution in [3.8, 4) is 17.2 Å². The lowest BCUT2D eigenvalue weighted by Gasteiger charge is -2.27. The molecule has 1 fully saturated rings. The smallest absolute Gasteiger partial charge is 0.165 e. The van der Waals surface area contributed by atoms with Crippen molar-refractivity contribution >= 4 is 0 Å². The third-order valence-corrected chi connectivity index (χ3v) is 4.92. The first-order chi connectivity index (χ1) is 12.8. The van der Waals surface area contributed by atoms with Crippen molar-refractivity contribution in [2.75, 3.05) is 33.5 Å². The summed E-state index contributed by atoms with van der Waals surface area (Å²) in [6.45, 7) is 3.47. The molecule has 2 aliphatic rings. The van der Waals surface area contributed by atoms with E-state index >= 15 is 0 Å². The van der Waals surface area contributed by atoms with Gasteiger partial charge in [-0.25, -0.2) is 0 Å². The molecular formula is C20H24N2O4. The van der Waals surface area contributed by atoms with Crippen molar-refractivity contribution < 1.29 is 18.9 Å². The zero-order valence-corrected chi connectivity index (χ0v) is 15.0. The molecule has 138 valence electrons. The van der Waals surface area contributed by atoms with Crippen LogP contribution in [0.4, 0.5) is 0 Å². The molecular weight excluding hydrogens is 332 g/mol. The summed E-state index contributed by atoms with van der Waals surface area (Å²) in [5.74, 6) is 2.49. The van der Waals surface area contributed by atoms with Crippen LogP contribution in [0.1, 0.15) is 12.0 Å². The SMILES string of the molecule is CO[C@@H]1C[C@@H](COc2cccnc2)N(Cc2cccc3c2OCCO3)C1. The topological polar surface area (TPSA) is 53.1 Å². The monoisotopic (exact) mass is 356 g/mol. The number of fused-ring (bicyclic) bond motifs is 1. The molecule has 3 heterocycles. The minimum Gasteiger partial charge on any atom is -0.490 e. The first-order valence-corrected chi connectivity index (χ1v) is 9.00. The van der Waals surface area contributed by atoms with Gasteiger partial charge < -0.3 is 18.9 Å². The van der Waals surface area contributed by atoms with Gasteiger partial charge in [-0.05, 0) is 24.6 Å². The van der Waals surface area contributed by atoms with Crippen molar-refractivity contribution in [3.63, 3.8) is 0 Å². The molecule has 0 N–H and O–H groups in total. The van der Waals surface area contributed by atoms with Gasteiger partial charge in [0.1, 0.15) is 25.6 Å². The highest BCUT2D eigenvalue weighted by Gasteiger charge is 2.33. The Hall–Kier alpha value is -2.31. The number of aromatic nitrogens is 1. The van der Waals surface area contributed by atoms with Crippen LogP contribution in [0.25, 0.3) is 0 Å². The van der Waals surface area contributed by atoms with E-state index in [9.17, 15) is 0 Å². The fourth-order valence-corrected chi connectivity index (χ4v) is 3.58.